The SMILES string of the molecule is CCCC(N)CC(=O)Nc1ccc(OCCOC)nc1. The van der Waals surface area contributed by atoms with Gasteiger partial charge in [-0.25, -0.2) is 4.98 Å². The van der Waals surface area contributed by atoms with Crippen LogP contribution in [0, 0.1) is 0 Å². The molecule has 1 unspecified atom stereocenters. The zero-order valence-corrected chi connectivity index (χ0v) is 12.1. The van der Waals surface area contributed by atoms with Crippen LogP contribution in [0.4, 0.5) is 5.69 Å². The van der Waals surface area contributed by atoms with Gasteiger partial charge in [0.15, 0.2) is 0 Å². The van der Waals surface area contributed by atoms with Crippen molar-refractivity contribution in [3.63, 3.8) is 0 Å². The predicted octanol–water partition coefficient (Wildman–Crippen LogP) is 1.56. The number of carbonyl (C=O) groups is 1. The predicted molar refractivity (Wildman–Crippen MR) is 77.7 cm³/mol. The number of hydrogen-bond acceptors (Lipinski definition) is 5. The van der Waals surface area contributed by atoms with Crippen LogP contribution in [-0.4, -0.2) is 37.3 Å². The smallest absolute Gasteiger partial charge is 0.225 e. The summed E-state index contributed by atoms with van der Waals surface area (Å²) in [5.41, 5.74) is 6.46. The van der Waals surface area contributed by atoms with E-state index in [1.807, 2.05) is 6.92 Å². The first kappa shape index (κ1) is 16.4. The van der Waals surface area contributed by atoms with Gasteiger partial charge < -0.3 is 20.5 Å². The molecule has 112 valence electrons. The number of pyridine rings is 1. The standard InChI is InChI=1S/C14H23N3O3/c1-3-4-11(15)9-13(18)17-12-5-6-14(16-10-12)20-8-7-19-2/h5-6,10-11H,3-4,7-9,15H2,1-2H3,(H,17,18). The maximum Gasteiger partial charge on any atom is 0.225 e. The molecule has 6 heteroatoms. The molecule has 0 aromatic carbocycles. The van der Waals surface area contributed by atoms with Gasteiger partial charge in [-0.05, 0) is 12.5 Å². The number of nitrogens with one attached hydrogen (secondary N) is 1. The molecule has 1 aromatic rings. The first-order valence-electron chi connectivity index (χ1n) is 6.79. The van der Waals surface area contributed by atoms with Gasteiger partial charge in [-0.15, -0.1) is 0 Å². The third-order valence-corrected chi connectivity index (χ3v) is 2.66. The molecule has 0 aliphatic carbocycles. The highest BCUT2D eigenvalue weighted by molar-refractivity contribution is 5.90. The van der Waals surface area contributed by atoms with Gasteiger partial charge in [-0.2, -0.15) is 0 Å². The molecular weight excluding hydrogens is 258 g/mol. The van der Waals surface area contributed by atoms with Crippen molar-refractivity contribution in [2.24, 2.45) is 5.73 Å². The van der Waals surface area contributed by atoms with Gasteiger partial charge in [0.2, 0.25) is 11.8 Å². The summed E-state index contributed by atoms with van der Waals surface area (Å²) in [4.78, 5) is 15.8. The highest BCUT2D eigenvalue weighted by Crippen LogP contribution is 2.12. The van der Waals surface area contributed by atoms with Crippen LogP contribution in [0.3, 0.4) is 0 Å². The molecule has 1 heterocycles. The largest absolute Gasteiger partial charge is 0.475 e. The van der Waals surface area contributed by atoms with Gasteiger partial charge in [0, 0.05) is 25.6 Å². The van der Waals surface area contributed by atoms with Gasteiger partial charge >= 0.3 is 0 Å². The van der Waals surface area contributed by atoms with Crippen molar-refractivity contribution in [1.29, 1.82) is 0 Å². The third-order valence-electron chi connectivity index (χ3n) is 2.66. The molecule has 1 amide bonds. The Bertz CT molecular complexity index is 395. The zero-order valence-electron chi connectivity index (χ0n) is 12.1. The van der Waals surface area contributed by atoms with E-state index in [2.05, 4.69) is 10.3 Å². The Morgan fingerprint density at radius 2 is 2.25 bits per heavy atom. The maximum absolute atomic E-state index is 11.7. The van der Waals surface area contributed by atoms with Gasteiger partial charge in [0.25, 0.3) is 0 Å². The molecule has 0 spiro atoms. The van der Waals surface area contributed by atoms with Crippen molar-refractivity contribution in [3.8, 4) is 5.88 Å². The second-order valence-electron chi connectivity index (χ2n) is 4.53. The van der Waals surface area contributed by atoms with Crippen molar-refractivity contribution in [2.45, 2.75) is 32.2 Å². The second kappa shape index (κ2) is 9.28. The topological polar surface area (TPSA) is 86.5 Å². The highest BCUT2D eigenvalue weighted by Gasteiger charge is 2.09. The van der Waals surface area contributed by atoms with Crippen LogP contribution < -0.4 is 15.8 Å². The lowest BCUT2D eigenvalue weighted by molar-refractivity contribution is -0.116. The minimum Gasteiger partial charge on any atom is -0.475 e. The number of amides is 1. The number of nitrogens with two attached hydrogens (primary N) is 1. The third kappa shape index (κ3) is 6.49. The fourth-order valence-corrected chi connectivity index (χ4v) is 1.69. The summed E-state index contributed by atoms with van der Waals surface area (Å²) in [6, 6.07) is 3.36. The van der Waals surface area contributed by atoms with Gasteiger partial charge in [-0.3, -0.25) is 4.79 Å². The highest BCUT2D eigenvalue weighted by atomic mass is 16.5. The lowest BCUT2D eigenvalue weighted by Crippen LogP contribution is -2.26. The van der Waals surface area contributed by atoms with Crippen LogP contribution >= 0.6 is 0 Å². The van der Waals surface area contributed by atoms with Crippen LogP contribution in [-0.2, 0) is 9.53 Å². The van der Waals surface area contributed by atoms with E-state index < -0.39 is 0 Å². The van der Waals surface area contributed by atoms with Crippen LogP contribution in [0.15, 0.2) is 18.3 Å². The minimum atomic E-state index is -0.0965. The molecule has 0 radical (unpaired) electrons. The number of aromatic nitrogens is 1. The molecule has 0 saturated carbocycles. The Labute approximate surface area is 119 Å². The Hall–Kier alpha value is -1.66. The summed E-state index contributed by atoms with van der Waals surface area (Å²) >= 11 is 0. The normalized spacial score (nSPS) is 11.9. The van der Waals surface area contributed by atoms with E-state index in [1.165, 1.54) is 0 Å². The van der Waals surface area contributed by atoms with Gasteiger partial charge in [0.05, 0.1) is 18.5 Å². The Morgan fingerprint density at radius 1 is 1.45 bits per heavy atom. The van der Waals surface area contributed by atoms with E-state index in [4.69, 9.17) is 15.2 Å². The lowest BCUT2D eigenvalue weighted by atomic mass is 10.1. The number of nitrogens with zero attached hydrogens (tertiary/aromatic N) is 1. The molecule has 1 rings (SSSR count). The van der Waals surface area contributed by atoms with E-state index in [1.54, 1.807) is 25.4 Å². The summed E-state index contributed by atoms with van der Waals surface area (Å²) in [5.74, 6) is 0.406. The molecule has 0 bridgehead atoms. The fourth-order valence-electron chi connectivity index (χ4n) is 1.69. The van der Waals surface area contributed by atoms with Gasteiger partial charge in [0.1, 0.15) is 6.61 Å². The summed E-state index contributed by atoms with van der Waals surface area (Å²) < 4.78 is 10.2. The number of hydrogen-bond donors (Lipinski definition) is 2. The quantitative estimate of drug-likeness (QED) is 0.671. The molecule has 6 nitrogen and oxygen atoms in total. The molecule has 0 aliphatic rings. The van der Waals surface area contributed by atoms with Crippen LogP contribution in [0.25, 0.3) is 0 Å². The number of carbonyl (C=O) groups excluding carboxylic acids is 1. The van der Waals surface area contributed by atoms with Crippen LogP contribution in [0.2, 0.25) is 0 Å². The molecule has 20 heavy (non-hydrogen) atoms. The maximum atomic E-state index is 11.7. The number of ether oxygens (including phenoxy) is 2. The minimum absolute atomic E-state index is 0.0930. The Balaban J connectivity index is 2.38. The Morgan fingerprint density at radius 3 is 2.85 bits per heavy atom. The summed E-state index contributed by atoms with van der Waals surface area (Å²) in [5, 5.41) is 2.76. The molecule has 0 aliphatic heterocycles. The van der Waals surface area contributed by atoms with Crippen molar-refractivity contribution in [1.82, 2.24) is 4.98 Å². The fraction of sp³-hybridized carbons (Fsp3) is 0.571. The molecular formula is C14H23N3O3. The molecule has 1 atom stereocenters. The van der Waals surface area contributed by atoms with Gasteiger partial charge in [-0.1, -0.05) is 13.3 Å². The number of anilines is 1. The second-order valence-corrected chi connectivity index (χ2v) is 4.53. The summed E-state index contributed by atoms with van der Waals surface area (Å²) in [6.07, 6.45) is 3.70. The van der Waals surface area contributed by atoms with E-state index in [0.717, 1.165) is 12.8 Å². The molecule has 0 fully saturated rings. The lowest BCUT2D eigenvalue weighted by Gasteiger charge is -2.10. The average molecular weight is 281 g/mol. The zero-order chi connectivity index (χ0) is 14.8. The molecule has 0 saturated heterocycles. The van der Waals surface area contributed by atoms with Crippen LogP contribution in [0.5, 0.6) is 5.88 Å². The summed E-state index contributed by atoms with van der Waals surface area (Å²) in [7, 11) is 1.61. The number of rotatable bonds is 9. The van der Waals surface area contributed by atoms with E-state index in [0.29, 0.717) is 31.2 Å². The van der Waals surface area contributed by atoms with Crippen molar-refractivity contribution in [2.75, 3.05) is 25.6 Å². The monoisotopic (exact) mass is 281 g/mol. The molecule has 1 aromatic heterocycles. The van der Waals surface area contributed by atoms with E-state index in [9.17, 15) is 4.79 Å². The Kier molecular flexibility index (Phi) is 7.60. The van der Waals surface area contributed by atoms with Crippen LogP contribution in [0.1, 0.15) is 26.2 Å². The van der Waals surface area contributed by atoms with Crippen molar-refractivity contribution in [3.05, 3.63) is 18.3 Å². The number of methoxy groups -OCH3 is 1. The first-order chi connectivity index (χ1) is 9.65. The van der Waals surface area contributed by atoms with Crippen molar-refractivity contribution < 1.29 is 14.3 Å². The average Bonchev–Trinajstić information content (AvgIpc) is 2.41. The van der Waals surface area contributed by atoms with Crippen molar-refractivity contribution >= 4 is 11.6 Å². The van der Waals surface area contributed by atoms with E-state index in [-0.39, 0.29) is 11.9 Å². The van der Waals surface area contributed by atoms with E-state index >= 15 is 0 Å². The molecule has 3 N–H and O–H groups in total. The summed E-state index contributed by atoms with van der Waals surface area (Å²) in [6.45, 7) is 3.00. The first-order valence-corrected chi connectivity index (χ1v) is 6.79.